The third kappa shape index (κ3) is 1.12. The fourth-order valence-corrected chi connectivity index (χ4v) is 2.84. The average Bonchev–Trinajstić information content (AvgIpc) is 2.40. The van der Waals surface area contributed by atoms with Crippen LogP contribution in [-0.2, 0) is 0 Å². The molecule has 3 N–H and O–H groups in total. The first-order chi connectivity index (χ1) is 5.96. The van der Waals surface area contributed by atoms with Crippen LogP contribution in [0.1, 0.15) is 26.7 Å². The number of hydrogen-bond acceptors (Lipinski definition) is 2. The van der Waals surface area contributed by atoms with E-state index in [2.05, 4.69) is 24.5 Å². The molecule has 13 heavy (non-hydrogen) atoms. The Morgan fingerprint density at radius 3 is 2.54 bits per heavy atom. The highest BCUT2D eigenvalue weighted by molar-refractivity contribution is 5.65. The first-order valence-corrected chi connectivity index (χ1v) is 4.71. The van der Waals surface area contributed by atoms with Gasteiger partial charge in [0, 0.05) is 17.5 Å². The first-order valence-electron chi connectivity index (χ1n) is 4.71. The van der Waals surface area contributed by atoms with Crippen LogP contribution in [0.15, 0.2) is 0 Å². The highest BCUT2D eigenvalue weighted by Crippen LogP contribution is 2.48. The van der Waals surface area contributed by atoms with E-state index < -0.39 is 6.09 Å². The van der Waals surface area contributed by atoms with Crippen molar-refractivity contribution >= 4 is 6.09 Å². The highest BCUT2D eigenvalue weighted by Gasteiger charge is 2.58. The van der Waals surface area contributed by atoms with Gasteiger partial charge in [0.15, 0.2) is 0 Å². The monoisotopic (exact) mass is 184 g/mol. The van der Waals surface area contributed by atoms with E-state index in [-0.39, 0.29) is 17.0 Å². The number of carboxylic acid groups (broad SMARTS) is 1. The van der Waals surface area contributed by atoms with Gasteiger partial charge in [-0.1, -0.05) is 6.92 Å². The van der Waals surface area contributed by atoms with E-state index in [1.165, 1.54) is 0 Å². The lowest BCUT2D eigenvalue weighted by Crippen LogP contribution is -2.51. The van der Waals surface area contributed by atoms with Gasteiger partial charge in [-0.2, -0.15) is 0 Å². The van der Waals surface area contributed by atoms with Gasteiger partial charge in [-0.15, -0.1) is 0 Å². The zero-order valence-electron chi connectivity index (χ0n) is 8.05. The van der Waals surface area contributed by atoms with E-state index in [0.29, 0.717) is 0 Å². The van der Waals surface area contributed by atoms with Crippen molar-refractivity contribution in [1.82, 2.24) is 10.6 Å². The fraction of sp³-hybridized carbons (Fsp3) is 0.889. The Kier molecular flexibility index (Phi) is 1.61. The number of piperidine rings is 1. The topological polar surface area (TPSA) is 61.4 Å². The fourth-order valence-electron chi connectivity index (χ4n) is 2.84. The van der Waals surface area contributed by atoms with Gasteiger partial charge in [0.05, 0.1) is 6.04 Å². The molecule has 1 aliphatic carbocycles. The maximum atomic E-state index is 10.6. The zero-order valence-corrected chi connectivity index (χ0v) is 8.05. The van der Waals surface area contributed by atoms with Crippen molar-refractivity contribution in [3.8, 4) is 0 Å². The Morgan fingerprint density at radius 1 is 1.54 bits per heavy atom. The summed E-state index contributed by atoms with van der Waals surface area (Å²) < 4.78 is 0. The molecule has 0 radical (unpaired) electrons. The summed E-state index contributed by atoms with van der Waals surface area (Å²) in [6, 6.07) is 0.0671. The standard InChI is InChI=1S/C9H16N2O2/c1-8-3-4-9(2,10-5-8)6(8)11-7(12)13/h6,10-11H,3-5H2,1-2H3,(H,12,13)/t6-,8-,9-/m1/s1. The average molecular weight is 184 g/mol. The Balaban J connectivity index is 2.21. The van der Waals surface area contributed by atoms with Crippen LogP contribution < -0.4 is 10.6 Å². The molecule has 0 aromatic carbocycles. The molecule has 1 amide bonds. The third-order valence-electron chi connectivity index (χ3n) is 3.71. The molecule has 0 unspecified atom stereocenters. The second-order valence-electron chi connectivity index (χ2n) is 4.81. The SMILES string of the molecule is C[C@@]12CC[C@@](C)(NC1)[C@@H]2NC(=O)O. The lowest BCUT2D eigenvalue weighted by molar-refractivity contribution is 0.177. The van der Waals surface area contributed by atoms with Gasteiger partial charge in [0.1, 0.15) is 0 Å². The van der Waals surface area contributed by atoms with Crippen molar-refractivity contribution in [2.45, 2.75) is 38.3 Å². The number of fused-ring (bicyclic) bond motifs is 2. The van der Waals surface area contributed by atoms with Crippen molar-refractivity contribution < 1.29 is 9.90 Å². The summed E-state index contributed by atoms with van der Waals surface area (Å²) in [4.78, 5) is 10.6. The lowest BCUT2D eigenvalue weighted by atomic mass is 9.85. The molecular formula is C9H16N2O2. The minimum absolute atomic E-state index is 0.0207. The van der Waals surface area contributed by atoms with Crippen molar-refractivity contribution in [2.75, 3.05) is 6.54 Å². The number of rotatable bonds is 1. The second-order valence-corrected chi connectivity index (χ2v) is 4.81. The number of nitrogens with one attached hydrogen (secondary N) is 2. The molecule has 4 heteroatoms. The van der Waals surface area contributed by atoms with Gasteiger partial charge in [0.25, 0.3) is 0 Å². The largest absolute Gasteiger partial charge is 0.465 e. The van der Waals surface area contributed by atoms with Crippen LogP contribution in [0.25, 0.3) is 0 Å². The summed E-state index contributed by atoms with van der Waals surface area (Å²) in [5.41, 5.74) is 0.0975. The summed E-state index contributed by atoms with van der Waals surface area (Å²) in [7, 11) is 0. The van der Waals surface area contributed by atoms with E-state index in [9.17, 15) is 4.79 Å². The summed E-state index contributed by atoms with van der Waals surface area (Å²) in [6.45, 7) is 5.18. The molecule has 0 aromatic rings. The first kappa shape index (κ1) is 8.81. The van der Waals surface area contributed by atoms with Crippen LogP contribution in [0, 0.1) is 5.41 Å². The minimum Gasteiger partial charge on any atom is -0.465 e. The molecule has 2 rings (SSSR count). The number of amides is 1. The van der Waals surface area contributed by atoms with E-state index in [4.69, 9.17) is 5.11 Å². The van der Waals surface area contributed by atoms with Gasteiger partial charge in [0.2, 0.25) is 0 Å². The number of hydrogen-bond donors (Lipinski definition) is 3. The minimum atomic E-state index is -0.909. The molecule has 2 fully saturated rings. The quantitative estimate of drug-likeness (QED) is 0.564. The van der Waals surface area contributed by atoms with E-state index in [1.807, 2.05) is 0 Å². The molecule has 3 atom stereocenters. The predicted octanol–water partition coefficient (Wildman–Crippen LogP) is 0.785. The Hall–Kier alpha value is -0.770. The Bertz CT molecular complexity index is 226. The van der Waals surface area contributed by atoms with E-state index in [1.54, 1.807) is 0 Å². The van der Waals surface area contributed by atoms with Crippen LogP contribution in [0.2, 0.25) is 0 Å². The van der Waals surface area contributed by atoms with Crippen LogP contribution in [0.3, 0.4) is 0 Å². The second kappa shape index (κ2) is 2.38. The maximum absolute atomic E-state index is 10.6. The lowest BCUT2D eigenvalue weighted by Gasteiger charge is -2.28. The molecule has 2 bridgehead atoms. The van der Waals surface area contributed by atoms with Crippen molar-refractivity contribution in [2.24, 2.45) is 5.41 Å². The van der Waals surface area contributed by atoms with Crippen LogP contribution in [0.4, 0.5) is 4.79 Å². The van der Waals surface area contributed by atoms with Crippen LogP contribution in [-0.4, -0.2) is 29.3 Å². The Morgan fingerprint density at radius 2 is 2.23 bits per heavy atom. The molecule has 1 aliphatic heterocycles. The third-order valence-corrected chi connectivity index (χ3v) is 3.71. The summed E-state index contributed by atoms with van der Waals surface area (Å²) in [5.74, 6) is 0. The maximum Gasteiger partial charge on any atom is 0.404 e. The molecule has 74 valence electrons. The smallest absolute Gasteiger partial charge is 0.404 e. The highest BCUT2D eigenvalue weighted by atomic mass is 16.4. The van der Waals surface area contributed by atoms with Gasteiger partial charge >= 0.3 is 6.09 Å². The van der Waals surface area contributed by atoms with Crippen LogP contribution >= 0.6 is 0 Å². The molecule has 1 saturated carbocycles. The summed E-state index contributed by atoms with van der Waals surface area (Å²) in [6.07, 6.45) is 1.27. The molecule has 2 aliphatic rings. The van der Waals surface area contributed by atoms with Crippen molar-refractivity contribution in [3.05, 3.63) is 0 Å². The summed E-state index contributed by atoms with van der Waals surface area (Å²) >= 11 is 0. The van der Waals surface area contributed by atoms with E-state index >= 15 is 0 Å². The summed E-state index contributed by atoms with van der Waals surface area (Å²) in [5, 5.41) is 14.8. The van der Waals surface area contributed by atoms with E-state index in [0.717, 1.165) is 19.4 Å². The zero-order chi connectivity index (χ0) is 9.69. The Labute approximate surface area is 77.7 Å². The van der Waals surface area contributed by atoms with Gasteiger partial charge in [-0.3, -0.25) is 0 Å². The van der Waals surface area contributed by atoms with Crippen LogP contribution in [0.5, 0.6) is 0 Å². The van der Waals surface area contributed by atoms with Crippen molar-refractivity contribution in [3.63, 3.8) is 0 Å². The molecule has 1 saturated heterocycles. The predicted molar refractivity (Wildman–Crippen MR) is 48.7 cm³/mol. The normalized spacial score (nSPS) is 48.0. The molecule has 1 heterocycles. The molecule has 0 aromatic heterocycles. The molecule has 0 spiro atoms. The van der Waals surface area contributed by atoms with Gasteiger partial charge in [-0.25, -0.2) is 4.79 Å². The number of carbonyl (C=O) groups is 1. The van der Waals surface area contributed by atoms with Gasteiger partial charge in [-0.05, 0) is 19.8 Å². The molecule has 4 nitrogen and oxygen atoms in total. The van der Waals surface area contributed by atoms with Gasteiger partial charge < -0.3 is 15.7 Å². The molecular weight excluding hydrogens is 168 g/mol. The van der Waals surface area contributed by atoms with Crippen molar-refractivity contribution in [1.29, 1.82) is 0 Å².